The minimum atomic E-state index is -0.845. The van der Waals surface area contributed by atoms with Gasteiger partial charge in [-0.15, -0.1) is 5.10 Å². The van der Waals surface area contributed by atoms with Crippen LogP contribution in [0.25, 0.3) is 10.9 Å². The first kappa shape index (κ1) is 23.4. The van der Waals surface area contributed by atoms with Crippen LogP contribution >= 0.6 is 0 Å². The fourth-order valence-electron chi connectivity index (χ4n) is 3.56. The van der Waals surface area contributed by atoms with E-state index in [0.717, 1.165) is 6.07 Å². The summed E-state index contributed by atoms with van der Waals surface area (Å²) in [5.74, 6) is -1.84. The Bertz CT molecular complexity index is 1130. The van der Waals surface area contributed by atoms with Crippen LogP contribution in [0, 0.1) is 17.7 Å². The van der Waals surface area contributed by atoms with Crippen molar-refractivity contribution in [3.8, 4) is 0 Å². The van der Waals surface area contributed by atoms with Crippen LogP contribution in [0.15, 0.2) is 24.3 Å². The van der Waals surface area contributed by atoms with Crippen molar-refractivity contribution >= 4 is 34.1 Å². The van der Waals surface area contributed by atoms with Gasteiger partial charge < -0.3 is 22.1 Å². The molecule has 6 N–H and O–H groups in total. The molecule has 2 unspecified atom stereocenters. The Hall–Kier alpha value is -3.27. The Kier molecular flexibility index (Phi) is 6.93. The average molecular weight is 446 g/mol. The van der Waals surface area contributed by atoms with Crippen LogP contribution < -0.4 is 22.1 Å². The zero-order chi connectivity index (χ0) is 23.6. The van der Waals surface area contributed by atoms with Gasteiger partial charge in [0.05, 0.1) is 16.5 Å². The fourth-order valence-corrected chi connectivity index (χ4v) is 3.56. The normalized spacial score (nSPS) is 13.4. The number of amides is 1. The Balaban J connectivity index is 1.99. The van der Waals surface area contributed by atoms with Crippen molar-refractivity contribution in [1.29, 1.82) is 0 Å². The number of anilines is 3. The van der Waals surface area contributed by atoms with Gasteiger partial charge >= 0.3 is 0 Å². The maximum Gasteiger partial charge on any atom is 0.252 e. The first-order valence-electron chi connectivity index (χ1n) is 10.6. The largest absolute Gasteiger partial charge is 0.365 e. The molecule has 172 valence electrons. The molecule has 2 heterocycles. The SMILES string of the molecule is CCn1nc(F)c2cc(Nc3nc(NC(CC(C)C)C(C)N)c(F)cc3C(N)=O)ccc21. The van der Waals surface area contributed by atoms with Crippen molar-refractivity contribution in [3.63, 3.8) is 0 Å². The molecule has 32 heavy (non-hydrogen) atoms. The molecule has 0 spiro atoms. The minimum absolute atomic E-state index is 0.0495. The summed E-state index contributed by atoms with van der Waals surface area (Å²) in [6.45, 7) is 8.29. The number of hydrogen-bond acceptors (Lipinski definition) is 6. The van der Waals surface area contributed by atoms with Crippen LogP contribution in [0.5, 0.6) is 0 Å². The second kappa shape index (κ2) is 9.47. The van der Waals surface area contributed by atoms with E-state index in [0.29, 0.717) is 35.5 Å². The molecule has 0 bridgehead atoms. The van der Waals surface area contributed by atoms with Crippen molar-refractivity contribution < 1.29 is 13.6 Å². The van der Waals surface area contributed by atoms with E-state index in [4.69, 9.17) is 11.5 Å². The summed E-state index contributed by atoms with van der Waals surface area (Å²) in [5.41, 5.74) is 12.5. The number of hydrogen-bond donors (Lipinski definition) is 4. The number of aromatic nitrogens is 3. The number of nitrogens with one attached hydrogen (secondary N) is 2. The Labute approximate surface area is 185 Å². The highest BCUT2D eigenvalue weighted by Crippen LogP contribution is 2.28. The van der Waals surface area contributed by atoms with Gasteiger partial charge in [-0.25, -0.2) is 9.37 Å². The molecule has 0 aliphatic heterocycles. The number of pyridine rings is 1. The molecule has 0 radical (unpaired) electrons. The van der Waals surface area contributed by atoms with Gasteiger partial charge in [-0.1, -0.05) is 13.8 Å². The molecule has 1 aromatic carbocycles. The van der Waals surface area contributed by atoms with Crippen LogP contribution in [0.1, 0.15) is 44.5 Å². The molecule has 3 rings (SSSR count). The van der Waals surface area contributed by atoms with E-state index in [1.807, 2.05) is 27.7 Å². The highest BCUT2D eigenvalue weighted by Gasteiger charge is 2.21. The molecule has 8 nitrogen and oxygen atoms in total. The predicted molar refractivity (Wildman–Crippen MR) is 122 cm³/mol. The van der Waals surface area contributed by atoms with E-state index in [-0.39, 0.29) is 29.3 Å². The fraction of sp³-hybridized carbons (Fsp3) is 0.409. The van der Waals surface area contributed by atoms with Crippen LogP contribution in [0.2, 0.25) is 0 Å². The number of nitrogens with two attached hydrogens (primary N) is 2. The van der Waals surface area contributed by atoms with Gasteiger partial charge in [-0.05, 0) is 50.5 Å². The monoisotopic (exact) mass is 445 g/mol. The summed E-state index contributed by atoms with van der Waals surface area (Å²) in [5, 5.41) is 10.2. The highest BCUT2D eigenvalue weighted by molar-refractivity contribution is 5.99. The number of rotatable bonds is 9. The van der Waals surface area contributed by atoms with Crippen LogP contribution in [-0.2, 0) is 6.54 Å². The molecule has 0 saturated heterocycles. The van der Waals surface area contributed by atoms with Crippen molar-refractivity contribution in [2.75, 3.05) is 10.6 Å². The second-order valence-electron chi connectivity index (χ2n) is 8.28. The molecule has 10 heteroatoms. The van der Waals surface area contributed by atoms with E-state index in [1.165, 1.54) is 0 Å². The van der Waals surface area contributed by atoms with Gasteiger partial charge in [-0.3, -0.25) is 9.48 Å². The Morgan fingerprint density at radius 1 is 1.19 bits per heavy atom. The molecule has 1 amide bonds. The lowest BCUT2D eigenvalue weighted by atomic mass is 9.99. The first-order valence-corrected chi connectivity index (χ1v) is 10.6. The molecule has 0 aliphatic carbocycles. The summed E-state index contributed by atoms with van der Waals surface area (Å²) in [6.07, 6.45) is 0.705. The third-order valence-electron chi connectivity index (χ3n) is 5.19. The van der Waals surface area contributed by atoms with Crippen LogP contribution in [0.4, 0.5) is 26.1 Å². The van der Waals surface area contributed by atoms with E-state index < -0.39 is 17.7 Å². The third kappa shape index (κ3) is 4.96. The average Bonchev–Trinajstić information content (AvgIpc) is 3.04. The zero-order valence-corrected chi connectivity index (χ0v) is 18.6. The minimum Gasteiger partial charge on any atom is -0.365 e. The van der Waals surface area contributed by atoms with Crippen LogP contribution in [-0.4, -0.2) is 32.8 Å². The predicted octanol–water partition coefficient (Wildman–Crippen LogP) is 3.75. The van der Waals surface area contributed by atoms with Gasteiger partial charge in [0.15, 0.2) is 11.6 Å². The number of halogens is 2. The van der Waals surface area contributed by atoms with Gasteiger partial charge in [-0.2, -0.15) is 4.39 Å². The van der Waals surface area contributed by atoms with Gasteiger partial charge in [0.2, 0.25) is 5.95 Å². The van der Waals surface area contributed by atoms with E-state index >= 15 is 0 Å². The molecule has 2 aromatic heterocycles. The molecular weight excluding hydrogens is 416 g/mol. The molecular formula is C22H29F2N7O. The van der Waals surface area contributed by atoms with E-state index in [9.17, 15) is 13.6 Å². The Morgan fingerprint density at radius 3 is 2.50 bits per heavy atom. The smallest absolute Gasteiger partial charge is 0.252 e. The lowest BCUT2D eigenvalue weighted by Gasteiger charge is -2.25. The van der Waals surface area contributed by atoms with Gasteiger partial charge in [0.25, 0.3) is 5.91 Å². The number of carbonyl (C=O) groups is 1. The maximum absolute atomic E-state index is 14.7. The molecule has 0 aliphatic rings. The van der Waals surface area contributed by atoms with Gasteiger partial charge in [0.1, 0.15) is 5.82 Å². The van der Waals surface area contributed by atoms with Gasteiger partial charge in [0, 0.05) is 24.3 Å². The number of primary amides is 1. The lowest BCUT2D eigenvalue weighted by Crippen LogP contribution is -2.39. The number of aryl methyl sites for hydroxylation is 1. The van der Waals surface area contributed by atoms with Crippen molar-refractivity contribution in [2.24, 2.45) is 17.4 Å². The number of nitrogens with zero attached hydrogens (tertiary/aromatic N) is 3. The van der Waals surface area contributed by atoms with Crippen LogP contribution in [0.3, 0.4) is 0 Å². The number of fused-ring (bicyclic) bond motifs is 1. The Morgan fingerprint density at radius 2 is 1.91 bits per heavy atom. The first-order chi connectivity index (χ1) is 15.1. The maximum atomic E-state index is 14.7. The summed E-state index contributed by atoms with van der Waals surface area (Å²) in [7, 11) is 0. The standard InChI is InChI=1S/C22H29F2N7O/c1-5-31-18-7-6-13(9-14(18)19(24)30-31)27-21-15(20(26)32)10-16(23)22(29-21)28-17(12(4)25)8-11(2)3/h6-7,9-12,17H,5,8,25H2,1-4H3,(H2,26,32)(H2,27,28,29). The third-order valence-corrected chi connectivity index (χ3v) is 5.19. The molecule has 3 aromatic rings. The quantitative estimate of drug-likeness (QED) is 0.398. The lowest BCUT2D eigenvalue weighted by molar-refractivity contribution is 0.100. The van der Waals surface area contributed by atoms with E-state index in [2.05, 4.69) is 20.7 Å². The molecule has 2 atom stereocenters. The summed E-state index contributed by atoms with van der Waals surface area (Å²) < 4.78 is 30.5. The topological polar surface area (TPSA) is 124 Å². The summed E-state index contributed by atoms with van der Waals surface area (Å²) in [4.78, 5) is 16.2. The number of carbonyl (C=O) groups excluding carboxylic acids is 1. The zero-order valence-electron chi connectivity index (χ0n) is 18.6. The molecule has 0 fully saturated rings. The highest BCUT2D eigenvalue weighted by atomic mass is 19.1. The summed E-state index contributed by atoms with van der Waals surface area (Å²) >= 11 is 0. The van der Waals surface area contributed by atoms with E-state index in [1.54, 1.807) is 22.9 Å². The number of benzene rings is 1. The molecule has 0 saturated carbocycles. The van der Waals surface area contributed by atoms with Crippen molar-refractivity contribution in [3.05, 3.63) is 41.6 Å². The second-order valence-corrected chi connectivity index (χ2v) is 8.28. The van der Waals surface area contributed by atoms with Crippen molar-refractivity contribution in [1.82, 2.24) is 14.8 Å². The summed E-state index contributed by atoms with van der Waals surface area (Å²) in [6, 6.07) is 5.50. The van der Waals surface area contributed by atoms with Crippen molar-refractivity contribution in [2.45, 2.75) is 52.7 Å².